The van der Waals surface area contributed by atoms with Gasteiger partial charge in [0.2, 0.25) is 5.56 Å². The summed E-state index contributed by atoms with van der Waals surface area (Å²) in [5.41, 5.74) is 1.66. The Morgan fingerprint density at radius 3 is 2.56 bits per heavy atom. The molecule has 1 aromatic heterocycles. The summed E-state index contributed by atoms with van der Waals surface area (Å²) in [5, 5.41) is 0.728. The number of pyridine rings is 1. The van der Waals surface area contributed by atoms with E-state index in [0.29, 0.717) is 11.1 Å². The molecule has 0 aliphatic rings. The van der Waals surface area contributed by atoms with Crippen LogP contribution in [0.15, 0.2) is 59.4 Å². The van der Waals surface area contributed by atoms with Crippen LogP contribution in [0, 0.1) is 0 Å². The molecule has 1 heterocycles. The summed E-state index contributed by atoms with van der Waals surface area (Å²) in [4.78, 5) is 29.4. The quantitative estimate of drug-likeness (QED) is 0.794. The molecule has 5 nitrogen and oxygen atoms in total. The van der Waals surface area contributed by atoms with Crippen LogP contribution in [0.1, 0.15) is 28.9 Å². The first-order chi connectivity index (χ1) is 12.0. The number of para-hydroxylation sites is 2. The van der Waals surface area contributed by atoms with Crippen LogP contribution >= 0.6 is 0 Å². The number of ether oxygens (including phenoxy) is 1. The summed E-state index contributed by atoms with van der Waals surface area (Å²) in [7, 11) is 3.34. The van der Waals surface area contributed by atoms with E-state index in [1.165, 1.54) is 6.07 Å². The highest BCUT2D eigenvalue weighted by atomic mass is 16.5. The van der Waals surface area contributed by atoms with Crippen LogP contribution in [-0.4, -0.2) is 29.9 Å². The third-order valence-electron chi connectivity index (χ3n) is 4.47. The van der Waals surface area contributed by atoms with Crippen molar-refractivity contribution in [2.24, 2.45) is 0 Å². The summed E-state index contributed by atoms with van der Waals surface area (Å²) in [6, 6.07) is 16.1. The summed E-state index contributed by atoms with van der Waals surface area (Å²) >= 11 is 0. The van der Waals surface area contributed by atoms with E-state index in [0.717, 1.165) is 16.7 Å². The second-order valence-corrected chi connectivity index (χ2v) is 5.93. The lowest BCUT2D eigenvalue weighted by atomic mass is 10.0. The molecular formula is C20H20N2O3. The smallest absolute Gasteiger partial charge is 0.254 e. The van der Waals surface area contributed by atoms with Crippen molar-refractivity contribution in [1.29, 1.82) is 0 Å². The normalized spacial score (nSPS) is 12.0. The van der Waals surface area contributed by atoms with Crippen LogP contribution in [0.5, 0.6) is 5.75 Å². The highest BCUT2D eigenvalue weighted by Crippen LogP contribution is 2.29. The molecule has 0 radical (unpaired) electrons. The Bertz CT molecular complexity index is 978. The third-order valence-corrected chi connectivity index (χ3v) is 4.47. The van der Waals surface area contributed by atoms with Gasteiger partial charge in [0, 0.05) is 29.6 Å². The zero-order valence-electron chi connectivity index (χ0n) is 14.4. The van der Waals surface area contributed by atoms with Crippen LogP contribution < -0.4 is 10.3 Å². The maximum Gasteiger partial charge on any atom is 0.254 e. The van der Waals surface area contributed by atoms with Gasteiger partial charge < -0.3 is 14.6 Å². The number of aromatic amines is 1. The Labute approximate surface area is 145 Å². The van der Waals surface area contributed by atoms with Crippen LogP contribution in [0.25, 0.3) is 10.9 Å². The van der Waals surface area contributed by atoms with Gasteiger partial charge in [-0.1, -0.05) is 36.4 Å². The predicted octanol–water partition coefficient (Wildman–Crippen LogP) is 3.37. The van der Waals surface area contributed by atoms with Crippen LogP contribution in [-0.2, 0) is 0 Å². The fraction of sp³-hybridized carbons (Fsp3) is 0.200. The molecule has 3 rings (SSSR count). The Kier molecular flexibility index (Phi) is 4.57. The molecule has 25 heavy (non-hydrogen) atoms. The molecular weight excluding hydrogens is 316 g/mol. The minimum atomic E-state index is -0.291. The monoisotopic (exact) mass is 336 g/mol. The molecule has 0 aliphatic heterocycles. The van der Waals surface area contributed by atoms with Gasteiger partial charge >= 0.3 is 0 Å². The van der Waals surface area contributed by atoms with E-state index in [2.05, 4.69) is 4.98 Å². The first-order valence-electron chi connectivity index (χ1n) is 8.05. The maximum absolute atomic E-state index is 13.1. The lowest BCUT2D eigenvalue weighted by Gasteiger charge is -2.27. The van der Waals surface area contributed by atoms with Crippen LogP contribution in [0.4, 0.5) is 0 Å². The van der Waals surface area contributed by atoms with Gasteiger partial charge in [0.1, 0.15) is 5.75 Å². The fourth-order valence-electron chi connectivity index (χ4n) is 2.97. The van der Waals surface area contributed by atoms with Crippen molar-refractivity contribution in [2.75, 3.05) is 14.2 Å². The number of methoxy groups -OCH3 is 1. The van der Waals surface area contributed by atoms with E-state index in [-0.39, 0.29) is 17.5 Å². The number of nitrogens with zero attached hydrogens (tertiary/aromatic N) is 1. The van der Waals surface area contributed by atoms with E-state index in [1.54, 1.807) is 25.1 Å². The first kappa shape index (κ1) is 16.8. The molecule has 1 N–H and O–H groups in total. The Balaban J connectivity index is 2.02. The van der Waals surface area contributed by atoms with Crippen LogP contribution in [0.3, 0.4) is 0 Å². The van der Waals surface area contributed by atoms with Gasteiger partial charge in [0.15, 0.2) is 0 Å². The van der Waals surface area contributed by atoms with E-state index in [4.69, 9.17) is 4.74 Å². The number of rotatable bonds is 4. The average Bonchev–Trinajstić information content (AvgIpc) is 2.65. The number of benzene rings is 2. The summed E-state index contributed by atoms with van der Waals surface area (Å²) < 4.78 is 5.40. The predicted molar refractivity (Wildman–Crippen MR) is 98.1 cm³/mol. The van der Waals surface area contributed by atoms with Crippen molar-refractivity contribution < 1.29 is 9.53 Å². The van der Waals surface area contributed by atoms with Gasteiger partial charge in [0.25, 0.3) is 5.91 Å². The van der Waals surface area contributed by atoms with Gasteiger partial charge in [-0.2, -0.15) is 0 Å². The molecule has 0 bridgehead atoms. The summed E-state index contributed by atoms with van der Waals surface area (Å²) in [5.74, 6) is 0.520. The molecule has 1 atom stereocenters. The Morgan fingerprint density at radius 2 is 1.80 bits per heavy atom. The summed E-state index contributed by atoms with van der Waals surface area (Å²) in [6.45, 7) is 1.94. The molecule has 0 saturated carbocycles. The van der Waals surface area contributed by atoms with E-state index in [9.17, 15) is 9.59 Å². The molecule has 1 unspecified atom stereocenters. The number of H-pyrrole nitrogens is 1. The maximum atomic E-state index is 13.1. The van der Waals surface area contributed by atoms with Crippen molar-refractivity contribution in [1.82, 2.24) is 9.88 Å². The second-order valence-electron chi connectivity index (χ2n) is 5.93. The molecule has 128 valence electrons. The minimum absolute atomic E-state index is 0.207. The topological polar surface area (TPSA) is 62.4 Å². The molecule has 1 amide bonds. The number of hydrogen-bond donors (Lipinski definition) is 1. The number of nitrogens with one attached hydrogen (secondary N) is 1. The van der Waals surface area contributed by atoms with Gasteiger partial charge in [-0.15, -0.1) is 0 Å². The fourth-order valence-corrected chi connectivity index (χ4v) is 2.97. The first-order valence-corrected chi connectivity index (χ1v) is 8.05. The molecule has 0 spiro atoms. The Hall–Kier alpha value is -3.08. The van der Waals surface area contributed by atoms with Crippen molar-refractivity contribution in [3.05, 3.63) is 76.1 Å². The zero-order chi connectivity index (χ0) is 18.0. The SMILES string of the molecule is COc1ccccc1C(C)N(C)C(=O)c1cc(=O)[nH]c2ccccc12. The zero-order valence-corrected chi connectivity index (χ0v) is 14.4. The minimum Gasteiger partial charge on any atom is -0.496 e. The van der Waals surface area contributed by atoms with Crippen LogP contribution in [0.2, 0.25) is 0 Å². The number of carbonyl (C=O) groups is 1. The van der Waals surface area contributed by atoms with E-state index >= 15 is 0 Å². The van der Waals surface area contributed by atoms with Gasteiger partial charge in [-0.25, -0.2) is 0 Å². The van der Waals surface area contributed by atoms with Gasteiger partial charge in [-0.3, -0.25) is 9.59 Å². The van der Waals surface area contributed by atoms with Gasteiger partial charge in [-0.05, 0) is 19.1 Å². The highest BCUT2D eigenvalue weighted by Gasteiger charge is 2.23. The summed E-state index contributed by atoms with van der Waals surface area (Å²) in [6.07, 6.45) is 0. The van der Waals surface area contributed by atoms with Gasteiger partial charge in [0.05, 0.1) is 18.7 Å². The second kappa shape index (κ2) is 6.81. The standard InChI is InChI=1S/C20H20N2O3/c1-13(14-8-5-7-11-18(14)25-3)22(2)20(24)16-12-19(23)21-17-10-6-4-9-15(16)17/h4-13H,1-3H3,(H,21,23). The van der Waals surface area contributed by atoms with E-state index in [1.807, 2.05) is 49.4 Å². The number of carbonyl (C=O) groups excluding carboxylic acids is 1. The molecule has 0 fully saturated rings. The van der Waals surface area contributed by atoms with Crippen molar-refractivity contribution in [3.8, 4) is 5.75 Å². The number of hydrogen-bond acceptors (Lipinski definition) is 3. The largest absolute Gasteiger partial charge is 0.496 e. The number of aromatic nitrogens is 1. The molecule has 2 aromatic carbocycles. The van der Waals surface area contributed by atoms with E-state index < -0.39 is 0 Å². The lowest BCUT2D eigenvalue weighted by Crippen LogP contribution is -2.31. The average molecular weight is 336 g/mol. The van der Waals surface area contributed by atoms with Crippen molar-refractivity contribution in [3.63, 3.8) is 0 Å². The molecule has 0 aliphatic carbocycles. The molecule has 0 saturated heterocycles. The lowest BCUT2D eigenvalue weighted by molar-refractivity contribution is 0.0743. The number of amides is 1. The highest BCUT2D eigenvalue weighted by molar-refractivity contribution is 6.06. The molecule has 3 aromatic rings. The van der Waals surface area contributed by atoms with Crippen molar-refractivity contribution >= 4 is 16.8 Å². The molecule has 5 heteroatoms. The number of fused-ring (bicyclic) bond motifs is 1. The Morgan fingerprint density at radius 1 is 1.12 bits per heavy atom. The van der Waals surface area contributed by atoms with Crippen molar-refractivity contribution in [2.45, 2.75) is 13.0 Å². The third kappa shape index (κ3) is 3.13.